The number of piperazine rings is 1. The molecule has 1 saturated heterocycles. The van der Waals surface area contributed by atoms with Crippen LogP contribution in [0.15, 0.2) is 24.3 Å². The lowest BCUT2D eigenvalue weighted by Gasteiger charge is -2.33. The smallest absolute Gasteiger partial charge is 0.271 e. The first kappa shape index (κ1) is 17.8. The number of carbonyl (C=O) groups excluding carboxylic acids is 2. The normalized spacial score (nSPS) is 21.7. The van der Waals surface area contributed by atoms with Gasteiger partial charge in [-0.05, 0) is 6.07 Å². The third-order valence-corrected chi connectivity index (χ3v) is 4.25. The molecule has 24 heavy (non-hydrogen) atoms. The molecule has 1 atom stereocenters. The Morgan fingerprint density at radius 1 is 1.29 bits per heavy atom. The summed E-state index contributed by atoms with van der Waals surface area (Å²) in [6.45, 7) is 3.00. The summed E-state index contributed by atoms with van der Waals surface area (Å²) in [7, 11) is 2.04. The van der Waals surface area contributed by atoms with Crippen molar-refractivity contribution in [3.8, 4) is 0 Å². The first-order chi connectivity index (χ1) is 11.4. The minimum Gasteiger partial charge on any atom is -0.544 e. The molecular formula is C15H21N4O5+. The predicted molar refractivity (Wildman–Crippen MR) is 82.5 cm³/mol. The lowest BCUT2D eigenvalue weighted by atomic mass is 10.1. The molecule has 1 heterocycles. The van der Waals surface area contributed by atoms with E-state index in [-0.39, 0.29) is 17.8 Å². The van der Waals surface area contributed by atoms with Gasteiger partial charge in [0.15, 0.2) is 0 Å². The fourth-order valence-corrected chi connectivity index (χ4v) is 2.84. The van der Waals surface area contributed by atoms with Gasteiger partial charge in [-0.15, -0.1) is 0 Å². The van der Waals surface area contributed by atoms with Gasteiger partial charge in [0, 0.05) is 17.8 Å². The average molecular weight is 337 g/mol. The van der Waals surface area contributed by atoms with Crippen LogP contribution in [-0.4, -0.2) is 56.1 Å². The number of aliphatic carboxylic acids is 1. The Labute approximate surface area is 139 Å². The molecule has 1 aromatic carbocycles. The first-order valence-corrected chi connectivity index (χ1v) is 7.78. The van der Waals surface area contributed by atoms with E-state index < -0.39 is 22.8 Å². The number of carboxylic acids is 1. The van der Waals surface area contributed by atoms with Gasteiger partial charge >= 0.3 is 0 Å². The minimum absolute atomic E-state index is 0.142. The number of hydrogen-bond acceptors (Lipinski definition) is 5. The van der Waals surface area contributed by atoms with Gasteiger partial charge in [-0.3, -0.25) is 14.9 Å². The van der Waals surface area contributed by atoms with Crippen molar-refractivity contribution in [1.29, 1.82) is 0 Å². The largest absolute Gasteiger partial charge is 0.544 e. The number of benzene rings is 1. The fraction of sp³-hybridized carbons (Fsp3) is 0.467. The standard InChI is InChI=1S/C15H20N4O5/c1-17-5-7-18(8-6-17)13(15(21)22)10-14(20)16-11-3-2-4-12(9-11)19(23)24/h2-4,9,13H,5-8,10H2,1H3,(H,16,20)(H,21,22)/p+1/t13-/m1/s1. The highest BCUT2D eigenvalue weighted by Gasteiger charge is 2.30. The molecular weight excluding hydrogens is 316 g/mol. The number of nitro groups is 1. The number of non-ortho nitro benzene ring substituents is 1. The van der Waals surface area contributed by atoms with E-state index in [1.54, 1.807) is 0 Å². The number of anilines is 1. The van der Waals surface area contributed by atoms with Crippen molar-refractivity contribution in [2.45, 2.75) is 12.5 Å². The van der Waals surface area contributed by atoms with Crippen molar-refractivity contribution in [1.82, 2.24) is 0 Å². The number of amides is 1. The molecule has 3 N–H and O–H groups in total. The summed E-state index contributed by atoms with van der Waals surface area (Å²) >= 11 is 0. The van der Waals surface area contributed by atoms with Crippen LogP contribution in [0.1, 0.15) is 6.42 Å². The lowest BCUT2D eigenvalue weighted by molar-refractivity contribution is -1.01. The molecule has 1 fully saturated rings. The van der Waals surface area contributed by atoms with Gasteiger partial charge in [0.2, 0.25) is 5.91 Å². The van der Waals surface area contributed by atoms with Crippen LogP contribution in [0.3, 0.4) is 0 Å². The summed E-state index contributed by atoms with van der Waals surface area (Å²) in [5.41, 5.74) is 0.126. The zero-order valence-electron chi connectivity index (χ0n) is 13.4. The van der Waals surface area contributed by atoms with E-state index >= 15 is 0 Å². The lowest BCUT2D eigenvalue weighted by Crippen LogP contribution is -3.29. The van der Waals surface area contributed by atoms with E-state index in [0.717, 1.165) is 18.0 Å². The first-order valence-electron chi connectivity index (χ1n) is 7.78. The van der Waals surface area contributed by atoms with E-state index in [0.29, 0.717) is 13.1 Å². The second kappa shape index (κ2) is 7.84. The van der Waals surface area contributed by atoms with Crippen molar-refractivity contribution in [3.05, 3.63) is 34.4 Å². The van der Waals surface area contributed by atoms with E-state index in [1.807, 2.05) is 7.05 Å². The van der Waals surface area contributed by atoms with Crippen molar-refractivity contribution in [2.75, 3.05) is 38.5 Å². The number of rotatable bonds is 6. The van der Waals surface area contributed by atoms with E-state index in [4.69, 9.17) is 0 Å². The van der Waals surface area contributed by atoms with Crippen molar-refractivity contribution in [2.24, 2.45) is 0 Å². The number of likely N-dealkylation sites (N-methyl/N-ethyl adjacent to an activating group) is 1. The quantitative estimate of drug-likeness (QED) is 0.367. The predicted octanol–water partition coefficient (Wildman–Crippen LogP) is -3.54. The average Bonchev–Trinajstić information content (AvgIpc) is 2.53. The molecule has 0 spiro atoms. The minimum atomic E-state index is -1.25. The van der Waals surface area contributed by atoms with E-state index in [9.17, 15) is 24.8 Å². The van der Waals surface area contributed by atoms with Crippen LogP contribution in [-0.2, 0) is 9.59 Å². The molecule has 0 aliphatic carbocycles. The summed E-state index contributed by atoms with van der Waals surface area (Å²) in [5, 5.41) is 24.7. The second-order valence-corrected chi connectivity index (χ2v) is 6.05. The Kier molecular flexibility index (Phi) is 5.83. The molecule has 0 radical (unpaired) electrons. The molecule has 130 valence electrons. The zero-order chi connectivity index (χ0) is 17.7. The Balaban J connectivity index is 1.99. The number of hydrogen-bond donors (Lipinski definition) is 3. The van der Waals surface area contributed by atoms with Gasteiger partial charge in [0.1, 0.15) is 32.2 Å². The van der Waals surface area contributed by atoms with Crippen molar-refractivity contribution in [3.63, 3.8) is 0 Å². The molecule has 1 aliphatic heterocycles. The molecule has 1 amide bonds. The van der Waals surface area contributed by atoms with Gasteiger partial charge in [0.05, 0.1) is 24.4 Å². The maximum Gasteiger partial charge on any atom is 0.271 e. The summed E-state index contributed by atoms with van der Waals surface area (Å²) in [6.07, 6.45) is -0.223. The highest BCUT2D eigenvalue weighted by molar-refractivity contribution is 5.93. The molecule has 2 rings (SSSR count). The number of nitrogens with one attached hydrogen (secondary N) is 3. The van der Waals surface area contributed by atoms with Gasteiger partial charge < -0.3 is 25.0 Å². The van der Waals surface area contributed by atoms with Gasteiger partial charge in [-0.25, -0.2) is 0 Å². The third kappa shape index (κ3) is 4.74. The molecule has 9 nitrogen and oxygen atoms in total. The maximum absolute atomic E-state index is 12.1. The topological polar surface area (TPSA) is 121 Å². The zero-order valence-corrected chi connectivity index (χ0v) is 13.4. The Hall–Kier alpha value is -2.52. The second-order valence-electron chi connectivity index (χ2n) is 6.05. The van der Waals surface area contributed by atoms with E-state index in [2.05, 4.69) is 5.32 Å². The summed E-state index contributed by atoms with van der Waals surface area (Å²) < 4.78 is 0. The fourth-order valence-electron chi connectivity index (χ4n) is 2.84. The number of carboxylic acid groups (broad SMARTS) is 1. The summed E-state index contributed by atoms with van der Waals surface area (Å²) in [4.78, 5) is 35.9. The van der Waals surface area contributed by atoms with Crippen molar-refractivity contribution >= 4 is 23.3 Å². The molecule has 0 unspecified atom stereocenters. The number of quaternary nitrogens is 2. The molecule has 0 saturated carbocycles. The van der Waals surface area contributed by atoms with Crippen LogP contribution in [0.4, 0.5) is 11.4 Å². The van der Waals surface area contributed by atoms with Crippen LogP contribution in [0, 0.1) is 10.1 Å². The molecule has 0 aromatic heterocycles. The maximum atomic E-state index is 12.1. The highest BCUT2D eigenvalue weighted by atomic mass is 16.6. The van der Waals surface area contributed by atoms with Crippen LogP contribution < -0.4 is 20.2 Å². The van der Waals surface area contributed by atoms with Gasteiger partial charge in [-0.1, -0.05) is 6.07 Å². The molecule has 9 heteroatoms. The number of nitro benzene ring substituents is 1. The van der Waals surface area contributed by atoms with Crippen LogP contribution in [0.5, 0.6) is 0 Å². The van der Waals surface area contributed by atoms with E-state index in [1.165, 1.54) is 29.2 Å². The molecule has 0 bridgehead atoms. The Morgan fingerprint density at radius 3 is 2.54 bits per heavy atom. The van der Waals surface area contributed by atoms with Crippen LogP contribution in [0.25, 0.3) is 0 Å². The summed E-state index contributed by atoms with van der Waals surface area (Å²) in [6, 6.07) is 4.61. The molecule has 1 aliphatic rings. The molecule has 1 aromatic rings. The van der Waals surface area contributed by atoms with Crippen molar-refractivity contribution < 1.29 is 29.4 Å². The van der Waals surface area contributed by atoms with Crippen LogP contribution in [0.2, 0.25) is 0 Å². The Morgan fingerprint density at radius 2 is 1.96 bits per heavy atom. The van der Waals surface area contributed by atoms with Crippen LogP contribution >= 0.6 is 0 Å². The monoisotopic (exact) mass is 337 g/mol. The summed E-state index contributed by atoms with van der Waals surface area (Å²) in [5.74, 6) is -1.75. The van der Waals surface area contributed by atoms with Gasteiger partial charge in [-0.2, -0.15) is 0 Å². The SMILES string of the molecule is C[NH+]1CC[NH+]([C@H](CC(=O)Nc2cccc([N+](=O)[O-])c2)C(=O)[O-])CC1. The number of nitrogens with zero attached hydrogens (tertiary/aromatic N) is 1. The highest BCUT2D eigenvalue weighted by Crippen LogP contribution is 2.17. The third-order valence-electron chi connectivity index (χ3n) is 4.25. The Bertz CT molecular complexity index is 628. The number of carbonyl (C=O) groups is 2. The van der Waals surface area contributed by atoms with Gasteiger partial charge in [0.25, 0.3) is 5.69 Å².